The molecule has 1 aliphatic heterocycles. The summed E-state index contributed by atoms with van der Waals surface area (Å²) in [7, 11) is 0. The van der Waals surface area contributed by atoms with Crippen molar-refractivity contribution in [1.82, 2.24) is 4.98 Å². The minimum Gasteiger partial charge on any atom is -0.456 e. The van der Waals surface area contributed by atoms with Crippen LogP contribution in [0.3, 0.4) is 0 Å². The Labute approximate surface area is 182 Å². The number of benzene rings is 2. The van der Waals surface area contributed by atoms with Crippen LogP contribution in [0.2, 0.25) is 5.02 Å². The molecule has 0 saturated carbocycles. The van der Waals surface area contributed by atoms with Gasteiger partial charge < -0.3 is 10.1 Å². The summed E-state index contributed by atoms with van der Waals surface area (Å²) in [6, 6.07) is 16.2. The number of nitrogens with one attached hydrogen (secondary N) is 1. The van der Waals surface area contributed by atoms with E-state index in [1.165, 1.54) is 11.8 Å². The van der Waals surface area contributed by atoms with Crippen LogP contribution in [0.5, 0.6) is 11.5 Å². The molecular weight excluding hydrogens is 420 g/mol. The number of carbonyl (C=O) groups is 1. The van der Waals surface area contributed by atoms with Crippen LogP contribution in [0.25, 0.3) is 0 Å². The maximum absolute atomic E-state index is 12.3. The summed E-state index contributed by atoms with van der Waals surface area (Å²) >= 11 is 7.66. The highest BCUT2D eigenvalue weighted by molar-refractivity contribution is 8.14. The second kappa shape index (κ2) is 8.99. The highest BCUT2D eigenvalue weighted by Crippen LogP contribution is 2.32. The molecule has 6 nitrogen and oxygen atoms in total. The van der Waals surface area contributed by atoms with Gasteiger partial charge >= 0.3 is 0 Å². The number of hydrogen-bond donors (Lipinski definition) is 1. The van der Waals surface area contributed by atoms with Crippen molar-refractivity contribution in [1.29, 1.82) is 5.26 Å². The molecule has 1 amide bonds. The van der Waals surface area contributed by atoms with Crippen molar-refractivity contribution in [3.63, 3.8) is 0 Å². The van der Waals surface area contributed by atoms with Gasteiger partial charge in [-0.2, -0.15) is 5.26 Å². The molecule has 0 fully saturated rings. The Morgan fingerprint density at radius 3 is 2.90 bits per heavy atom. The monoisotopic (exact) mass is 434 g/mol. The molecule has 0 unspecified atom stereocenters. The average molecular weight is 435 g/mol. The van der Waals surface area contributed by atoms with Gasteiger partial charge in [0.25, 0.3) is 0 Å². The van der Waals surface area contributed by atoms with Crippen LogP contribution >= 0.6 is 23.4 Å². The van der Waals surface area contributed by atoms with Crippen molar-refractivity contribution in [3.8, 4) is 17.6 Å². The van der Waals surface area contributed by atoms with Gasteiger partial charge in [0.15, 0.2) is 0 Å². The van der Waals surface area contributed by atoms with Crippen LogP contribution in [0, 0.1) is 11.3 Å². The third kappa shape index (κ3) is 4.79. The van der Waals surface area contributed by atoms with E-state index in [4.69, 9.17) is 21.6 Å². The third-order valence-electron chi connectivity index (χ3n) is 4.26. The van der Waals surface area contributed by atoms with Crippen LogP contribution < -0.4 is 10.1 Å². The number of aromatic nitrogens is 1. The lowest BCUT2D eigenvalue weighted by molar-refractivity contribution is -0.113. The zero-order valence-electron chi connectivity index (χ0n) is 15.6. The number of anilines is 1. The minimum absolute atomic E-state index is 0.181. The van der Waals surface area contributed by atoms with E-state index in [2.05, 4.69) is 21.4 Å². The quantitative estimate of drug-likeness (QED) is 0.584. The van der Waals surface area contributed by atoms with Crippen molar-refractivity contribution in [2.24, 2.45) is 4.99 Å². The Balaban J connectivity index is 1.33. The number of nitriles is 1. The average Bonchev–Trinajstić information content (AvgIpc) is 3.17. The second-order valence-electron chi connectivity index (χ2n) is 6.41. The predicted molar refractivity (Wildman–Crippen MR) is 119 cm³/mol. The Bertz CT molecular complexity index is 1180. The molecule has 1 N–H and O–H groups in total. The number of hydrogen-bond acceptors (Lipinski definition) is 6. The molecular formula is C22H15ClN4O2S. The second-order valence-corrected chi connectivity index (χ2v) is 7.86. The number of pyridine rings is 1. The molecule has 30 heavy (non-hydrogen) atoms. The summed E-state index contributed by atoms with van der Waals surface area (Å²) < 4.78 is 5.68. The molecule has 0 bridgehead atoms. The Hall–Kier alpha value is -3.34. The van der Waals surface area contributed by atoms with Crippen LogP contribution in [-0.4, -0.2) is 21.7 Å². The standard InChI is InChI=1S/C22H15ClN4O2S/c23-18-10-16(29-17-2-1-7-25-12-17)5-6-19(18)26-21(28)13-30-22-9-15-4-3-14(11-24)8-20(15)27-22/h1-8,10,12H,9,13H2,(H,26,28). The van der Waals surface area contributed by atoms with Crippen molar-refractivity contribution in [2.45, 2.75) is 6.42 Å². The Kier molecular flexibility index (Phi) is 5.98. The van der Waals surface area contributed by atoms with E-state index in [1.807, 2.05) is 6.07 Å². The molecule has 0 atom stereocenters. The first-order chi connectivity index (χ1) is 14.6. The number of fused-ring (bicyclic) bond motifs is 1. The molecule has 1 aliphatic rings. The molecule has 2 aromatic carbocycles. The molecule has 0 radical (unpaired) electrons. The molecule has 148 valence electrons. The van der Waals surface area contributed by atoms with E-state index in [0.29, 0.717) is 34.2 Å². The normalized spacial score (nSPS) is 11.9. The van der Waals surface area contributed by atoms with E-state index in [-0.39, 0.29) is 11.7 Å². The molecule has 2 heterocycles. The Morgan fingerprint density at radius 1 is 1.23 bits per heavy atom. The zero-order valence-corrected chi connectivity index (χ0v) is 17.2. The summed E-state index contributed by atoms with van der Waals surface area (Å²) in [5, 5.41) is 13.0. The lowest BCUT2D eigenvalue weighted by atomic mass is 10.1. The first-order valence-corrected chi connectivity index (χ1v) is 10.4. The largest absolute Gasteiger partial charge is 0.456 e. The van der Waals surface area contributed by atoms with E-state index in [9.17, 15) is 4.79 Å². The molecule has 1 aromatic heterocycles. The number of carbonyl (C=O) groups excluding carboxylic acids is 1. The molecule has 0 saturated heterocycles. The maximum atomic E-state index is 12.3. The van der Waals surface area contributed by atoms with Gasteiger partial charge in [-0.15, -0.1) is 11.8 Å². The van der Waals surface area contributed by atoms with Gasteiger partial charge in [-0.05, 0) is 42.0 Å². The van der Waals surface area contributed by atoms with Crippen molar-refractivity contribution in [2.75, 3.05) is 11.1 Å². The lowest BCUT2D eigenvalue weighted by Gasteiger charge is -2.10. The minimum atomic E-state index is -0.181. The van der Waals surface area contributed by atoms with Gasteiger partial charge in [0.2, 0.25) is 5.91 Å². The highest BCUT2D eigenvalue weighted by Gasteiger charge is 2.17. The topological polar surface area (TPSA) is 87.4 Å². The number of amides is 1. The lowest BCUT2D eigenvalue weighted by Crippen LogP contribution is -2.15. The number of thioether (sulfide) groups is 1. The smallest absolute Gasteiger partial charge is 0.234 e. The summed E-state index contributed by atoms with van der Waals surface area (Å²) in [4.78, 5) is 20.8. The van der Waals surface area contributed by atoms with Crippen LogP contribution in [0.1, 0.15) is 11.1 Å². The van der Waals surface area contributed by atoms with Crippen molar-refractivity contribution in [3.05, 3.63) is 77.1 Å². The first-order valence-electron chi connectivity index (χ1n) is 9.01. The van der Waals surface area contributed by atoms with Crippen LogP contribution in [-0.2, 0) is 11.2 Å². The predicted octanol–water partition coefficient (Wildman–Crippen LogP) is 5.36. The fourth-order valence-corrected chi connectivity index (χ4v) is 3.85. The van der Waals surface area contributed by atoms with E-state index in [0.717, 1.165) is 16.3 Å². The fraction of sp³-hybridized carbons (Fsp3) is 0.0909. The van der Waals surface area contributed by atoms with E-state index < -0.39 is 0 Å². The molecule has 0 spiro atoms. The summed E-state index contributed by atoms with van der Waals surface area (Å²) in [5.41, 5.74) is 2.94. The Morgan fingerprint density at radius 2 is 2.13 bits per heavy atom. The van der Waals surface area contributed by atoms with Crippen molar-refractivity contribution < 1.29 is 9.53 Å². The van der Waals surface area contributed by atoms with Crippen LogP contribution in [0.15, 0.2) is 65.9 Å². The van der Waals surface area contributed by atoms with Gasteiger partial charge in [-0.25, -0.2) is 4.99 Å². The highest BCUT2D eigenvalue weighted by atomic mass is 35.5. The van der Waals surface area contributed by atoms with Gasteiger partial charge in [0, 0.05) is 18.7 Å². The van der Waals surface area contributed by atoms with Gasteiger partial charge in [-0.1, -0.05) is 17.7 Å². The van der Waals surface area contributed by atoms with Gasteiger partial charge in [0.1, 0.15) is 11.5 Å². The fourth-order valence-electron chi connectivity index (χ4n) is 2.85. The molecule has 4 rings (SSSR count). The molecule has 0 aliphatic carbocycles. The van der Waals surface area contributed by atoms with Gasteiger partial charge in [0.05, 0.1) is 45.0 Å². The maximum Gasteiger partial charge on any atom is 0.234 e. The summed E-state index contributed by atoms with van der Waals surface area (Å²) in [6.07, 6.45) is 3.93. The molecule has 3 aromatic rings. The van der Waals surface area contributed by atoms with Gasteiger partial charge in [-0.3, -0.25) is 9.78 Å². The van der Waals surface area contributed by atoms with Crippen LogP contribution in [0.4, 0.5) is 11.4 Å². The van der Waals surface area contributed by atoms with E-state index in [1.54, 1.807) is 54.9 Å². The number of ether oxygens (including phenoxy) is 1. The number of aliphatic imine (C=N–C) groups is 1. The number of halogens is 1. The number of nitrogens with zero attached hydrogens (tertiary/aromatic N) is 3. The SMILES string of the molecule is N#Cc1ccc2c(c1)N=C(SCC(=O)Nc1ccc(Oc3cccnc3)cc1Cl)C2. The number of rotatable bonds is 5. The van der Waals surface area contributed by atoms with Crippen molar-refractivity contribution >= 4 is 45.7 Å². The summed E-state index contributed by atoms with van der Waals surface area (Å²) in [5.74, 6) is 1.18. The van der Waals surface area contributed by atoms with E-state index >= 15 is 0 Å². The summed E-state index contributed by atoms with van der Waals surface area (Å²) in [6.45, 7) is 0. The zero-order chi connectivity index (χ0) is 20.9. The third-order valence-corrected chi connectivity index (χ3v) is 5.54. The first kappa shape index (κ1) is 20.0. The molecule has 8 heteroatoms.